The molecule has 0 aliphatic heterocycles. The molecule has 1 aliphatic carbocycles. The lowest BCUT2D eigenvalue weighted by molar-refractivity contribution is 0.0941. The number of aromatic nitrogens is 3. The van der Waals surface area contributed by atoms with Crippen molar-refractivity contribution in [2.24, 2.45) is 0 Å². The van der Waals surface area contributed by atoms with Crippen LogP contribution < -0.4 is 16.6 Å². The predicted octanol–water partition coefficient (Wildman–Crippen LogP) is 1.95. The third kappa shape index (κ3) is 3.89. The second kappa shape index (κ2) is 7.50. The van der Waals surface area contributed by atoms with Gasteiger partial charge < -0.3 is 5.32 Å². The smallest absolute Gasteiger partial charge is 0.348 e. The van der Waals surface area contributed by atoms with Crippen LogP contribution in [0.2, 0.25) is 0 Å². The van der Waals surface area contributed by atoms with Gasteiger partial charge in [0.2, 0.25) is 5.69 Å². The first kappa shape index (κ1) is 18.9. The summed E-state index contributed by atoms with van der Waals surface area (Å²) in [6.07, 6.45) is 1.78. The second-order valence-corrected chi connectivity index (χ2v) is 7.45. The molecule has 0 saturated heterocycles. The molecule has 29 heavy (non-hydrogen) atoms. The minimum atomic E-state index is -0.680. The Hall–Kier alpha value is -3.48. The summed E-state index contributed by atoms with van der Waals surface area (Å²) >= 11 is 0. The van der Waals surface area contributed by atoms with Crippen LogP contribution in [0.5, 0.6) is 0 Å². The van der Waals surface area contributed by atoms with Crippen LogP contribution in [0.3, 0.4) is 0 Å². The van der Waals surface area contributed by atoms with Crippen LogP contribution in [-0.4, -0.2) is 26.3 Å². The summed E-state index contributed by atoms with van der Waals surface area (Å²) in [4.78, 5) is 38.8. The average molecular weight is 390 g/mol. The van der Waals surface area contributed by atoms with Gasteiger partial charge in [0, 0.05) is 6.04 Å². The van der Waals surface area contributed by atoms with Crippen molar-refractivity contribution in [1.82, 2.24) is 19.7 Å². The van der Waals surface area contributed by atoms with Gasteiger partial charge in [-0.15, -0.1) is 0 Å². The molecule has 7 heteroatoms. The van der Waals surface area contributed by atoms with E-state index >= 15 is 0 Å². The molecule has 148 valence electrons. The third-order valence-electron chi connectivity index (χ3n) is 5.02. The fourth-order valence-corrected chi connectivity index (χ4v) is 3.16. The number of amides is 1. The maximum atomic E-state index is 13.2. The molecule has 0 radical (unpaired) electrons. The quantitative estimate of drug-likeness (QED) is 0.722. The molecule has 3 aromatic rings. The van der Waals surface area contributed by atoms with Crippen molar-refractivity contribution in [1.29, 1.82) is 0 Å². The minimum Gasteiger partial charge on any atom is -0.348 e. The number of hydrogen-bond donors (Lipinski definition) is 1. The molecule has 1 amide bonds. The van der Waals surface area contributed by atoms with Crippen molar-refractivity contribution in [3.63, 3.8) is 0 Å². The Balaban J connectivity index is 1.89. The monoisotopic (exact) mass is 390 g/mol. The van der Waals surface area contributed by atoms with E-state index in [1.165, 1.54) is 0 Å². The predicted molar refractivity (Wildman–Crippen MR) is 110 cm³/mol. The molecule has 1 heterocycles. The van der Waals surface area contributed by atoms with E-state index in [0.717, 1.165) is 38.8 Å². The van der Waals surface area contributed by atoms with Crippen LogP contribution in [0.15, 0.2) is 58.1 Å². The Bertz CT molecular complexity index is 1210. The van der Waals surface area contributed by atoms with E-state index in [1.807, 2.05) is 44.2 Å². The Labute approximate surface area is 167 Å². The van der Waals surface area contributed by atoms with Gasteiger partial charge in [0.05, 0.1) is 12.2 Å². The molecule has 7 nitrogen and oxygen atoms in total. The van der Waals surface area contributed by atoms with Gasteiger partial charge in [-0.25, -0.2) is 4.79 Å². The number of benzene rings is 2. The van der Waals surface area contributed by atoms with E-state index < -0.39 is 17.2 Å². The first-order valence-corrected chi connectivity index (χ1v) is 9.60. The fraction of sp³-hybridized carbons (Fsp3) is 0.273. The molecule has 0 spiro atoms. The lowest BCUT2D eigenvalue weighted by Gasteiger charge is -2.13. The molecule has 2 aromatic carbocycles. The van der Waals surface area contributed by atoms with Gasteiger partial charge >= 0.3 is 5.69 Å². The summed E-state index contributed by atoms with van der Waals surface area (Å²) in [5.74, 6) is -0.544. The molecule has 1 aromatic heterocycles. The maximum Gasteiger partial charge on any atom is 0.352 e. The van der Waals surface area contributed by atoms with E-state index in [1.54, 1.807) is 18.2 Å². The lowest BCUT2D eigenvalue weighted by Crippen LogP contribution is -2.46. The molecule has 0 unspecified atom stereocenters. The highest BCUT2D eigenvalue weighted by atomic mass is 16.2. The number of nitrogens with zero attached hydrogens (tertiary/aromatic N) is 3. The summed E-state index contributed by atoms with van der Waals surface area (Å²) < 4.78 is 2.22. The number of carbonyl (C=O) groups excluding carboxylic acids is 1. The van der Waals surface area contributed by atoms with Crippen LogP contribution in [0.4, 0.5) is 0 Å². The molecule has 0 atom stereocenters. The Morgan fingerprint density at radius 3 is 2.55 bits per heavy atom. The zero-order chi connectivity index (χ0) is 20.5. The van der Waals surface area contributed by atoms with E-state index in [9.17, 15) is 14.4 Å². The summed E-state index contributed by atoms with van der Waals surface area (Å²) in [5, 5.41) is 6.94. The van der Waals surface area contributed by atoms with E-state index in [4.69, 9.17) is 0 Å². The third-order valence-corrected chi connectivity index (χ3v) is 5.02. The highest BCUT2D eigenvalue weighted by Gasteiger charge is 2.27. The second-order valence-electron chi connectivity index (χ2n) is 7.45. The molecule has 0 bridgehead atoms. The first-order valence-electron chi connectivity index (χ1n) is 9.60. The standard InChI is InChI=1S/C22H22N4O3/c1-14-6-5-9-18(12-14)26-22(29)25(13-16-8-4-3-7-15(16)2)21(28)19(24-26)20(27)23-17-10-11-17/h3-9,12,17H,10-11,13H2,1-2H3,(H,23,27). The molecule has 1 aliphatic rings. The van der Waals surface area contributed by atoms with Gasteiger partial charge in [-0.2, -0.15) is 9.78 Å². The van der Waals surface area contributed by atoms with Gasteiger partial charge in [-0.1, -0.05) is 36.4 Å². The first-order chi connectivity index (χ1) is 13.9. The van der Waals surface area contributed by atoms with Crippen LogP contribution in [0, 0.1) is 13.8 Å². The van der Waals surface area contributed by atoms with Crippen LogP contribution in [-0.2, 0) is 6.54 Å². The summed E-state index contributed by atoms with van der Waals surface area (Å²) in [7, 11) is 0. The zero-order valence-electron chi connectivity index (χ0n) is 16.4. The number of carbonyl (C=O) groups is 1. The highest BCUT2D eigenvalue weighted by Crippen LogP contribution is 2.18. The van der Waals surface area contributed by atoms with Gasteiger partial charge in [0.25, 0.3) is 11.5 Å². The average Bonchev–Trinajstić information content (AvgIpc) is 3.50. The Kier molecular flexibility index (Phi) is 4.88. The number of aryl methyl sites for hydroxylation is 2. The fourth-order valence-electron chi connectivity index (χ4n) is 3.16. The van der Waals surface area contributed by atoms with Gasteiger partial charge in [0.1, 0.15) is 0 Å². The molecular weight excluding hydrogens is 368 g/mol. The van der Waals surface area contributed by atoms with Gasteiger partial charge in [-0.3, -0.25) is 14.2 Å². The van der Waals surface area contributed by atoms with Crippen LogP contribution >= 0.6 is 0 Å². The number of nitrogens with one attached hydrogen (secondary N) is 1. The van der Waals surface area contributed by atoms with Crippen molar-refractivity contribution in [2.75, 3.05) is 0 Å². The highest BCUT2D eigenvalue weighted by molar-refractivity contribution is 5.92. The van der Waals surface area contributed by atoms with Gasteiger partial charge in [-0.05, 0) is 55.5 Å². The molecular formula is C22H22N4O3. The SMILES string of the molecule is Cc1cccc(-n2nc(C(=O)NC3CC3)c(=O)n(Cc3ccccc3C)c2=O)c1. The topological polar surface area (TPSA) is 86.0 Å². The van der Waals surface area contributed by atoms with Crippen molar-refractivity contribution < 1.29 is 4.79 Å². The Morgan fingerprint density at radius 1 is 1.10 bits per heavy atom. The zero-order valence-corrected chi connectivity index (χ0v) is 16.4. The summed E-state index contributed by atoms with van der Waals surface area (Å²) in [6.45, 7) is 3.89. The lowest BCUT2D eigenvalue weighted by atomic mass is 10.1. The molecule has 1 saturated carbocycles. The van der Waals surface area contributed by atoms with Crippen LogP contribution in [0.25, 0.3) is 5.69 Å². The molecule has 1 fully saturated rings. The minimum absolute atomic E-state index is 0.0718. The van der Waals surface area contributed by atoms with E-state index in [2.05, 4.69) is 10.4 Å². The Morgan fingerprint density at radius 2 is 1.86 bits per heavy atom. The van der Waals surface area contributed by atoms with Crippen molar-refractivity contribution in [3.8, 4) is 5.69 Å². The van der Waals surface area contributed by atoms with Gasteiger partial charge in [0.15, 0.2) is 0 Å². The van der Waals surface area contributed by atoms with E-state index in [0.29, 0.717) is 5.69 Å². The number of hydrogen-bond acceptors (Lipinski definition) is 4. The largest absolute Gasteiger partial charge is 0.352 e. The van der Waals surface area contributed by atoms with Crippen molar-refractivity contribution in [3.05, 3.63) is 91.8 Å². The maximum absolute atomic E-state index is 13.2. The molecule has 4 rings (SSSR count). The summed E-state index contributed by atoms with van der Waals surface area (Å²) in [6, 6.07) is 14.8. The van der Waals surface area contributed by atoms with Crippen molar-refractivity contribution >= 4 is 5.91 Å². The normalized spacial score (nSPS) is 13.3. The molecule has 1 N–H and O–H groups in total. The van der Waals surface area contributed by atoms with Crippen molar-refractivity contribution in [2.45, 2.75) is 39.3 Å². The number of rotatable bonds is 5. The van der Waals surface area contributed by atoms with Crippen LogP contribution in [0.1, 0.15) is 40.0 Å². The summed E-state index contributed by atoms with van der Waals surface area (Å²) in [5.41, 5.74) is 1.72. The van der Waals surface area contributed by atoms with E-state index in [-0.39, 0.29) is 18.3 Å².